The Hall–Kier alpha value is -2.09. The van der Waals surface area contributed by atoms with Crippen LogP contribution in [-0.2, 0) is 18.4 Å². The van der Waals surface area contributed by atoms with E-state index in [0.29, 0.717) is 5.92 Å². The van der Waals surface area contributed by atoms with Crippen molar-refractivity contribution in [2.75, 3.05) is 40.3 Å². The average Bonchev–Trinajstić information content (AvgIpc) is 3.02. The molecule has 8 heteroatoms. The van der Waals surface area contributed by atoms with Crippen molar-refractivity contribution in [3.63, 3.8) is 0 Å². The lowest BCUT2D eigenvalue weighted by atomic mass is 9.97. The van der Waals surface area contributed by atoms with Gasteiger partial charge in [-0.2, -0.15) is 5.10 Å². The number of amides is 1. The highest BCUT2D eigenvalue weighted by Crippen LogP contribution is 2.18. The summed E-state index contributed by atoms with van der Waals surface area (Å²) >= 11 is 0. The molecular weight excluding hydrogens is 354 g/mol. The number of hydrogen-bond acceptors (Lipinski definition) is 4. The highest BCUT2D eigenvalue weighted by atomic mass is 16.1. The van der Waals surface area contributed by atoms with Crippen LogP contribution < -0.4 is 11.1 Å². The Morgan fingerprint density at radius 1 is 1.50 bits per heavy atom. The lowest BCUT2D eigenvalue weighted by molar-refractivity contribution is -0.123. The first-order valence-electron chi connectivity index (χ1n) is 10.3. The maximum Gasteiger partial charge on any atom is 0.221 e. The van der Waals surface area contributed by atoms with Crippen molar-refractivity contribution in [1.82, 2.24) is 24.9 Å². The van der Waals surface area contributed by atoms with Crippen LogP contribution in [0.25, 0.3) is 0 Å². The minimum absolute atomic E-state index is 0.00948. The lowest BCUT2D eigenvalue weighted by Gasteiger charge is -2.31. The first kappa shape index (κ1) is 22.2. The smallest absolute Gasteiger partial charge is 0.221 e. The fourth-order valence-corrected chi connectivity index (χ4v) is 3.87. The molecule has 1 amide bonds. The second-order valence-electron chi connectivity index (χ2n) is 8.09. The summed E-state index contributed by atoms with van der Waals surface area (Å²) in [5.74, 6) is 1.12. The van der Waals surface area contributed by atoms with Crippen LogP contribution in [0.3, 0.4) is 0 Å². The van der Waals surface area contributed by atoms with Gasteiger partial charge in [0.2, 0.25) is 5.91 Å². The normalized spacial score (nSPS) is 18.5. The van der Waals surface area contributed by atoms with E-state index in [0.717, 1.165) is 63.6 Å². The quantitative estimate of drug-likeness (QED) is 0.394. The van der Waals surface area contributed by atoms with Gasteiger partial charge in [0.25, 0.3) is 0 Å². The van der Waals surface area contributed by atoms with Gasteiger partial charge in [-0.05, 0) is 38.3 Å². The molecule has 0 radical (unpaired) electrons. The van der Waals surface area contributed by atoms with Crippen LogP contribution in [0, 0.1) is 5.92 Å². The van der Waals surface area contributed by atoms with E-state index in [1.807, 2.05) is 18.8 Å². The Kier molecular flexibility index (Phi) is 8.29. The largest absolute Gasteiger partial charge is 0.369 e. The van der Waals surface area contributed by atoms with Gasteiger partial charge in [0.05, 0.1) is 11.6 Å². The van der Waals surface area contributed by atoms with Crippen LogP contribution in [0.2, 0.25) is 0 Å². The Morgan fingerprint density at radius 2 is 2.25 bits per heavy atom. The minimum atomic E-state index is -0.166. The number of rotatable bonds is 8. The van der Waals surface area contributed by atoms with Crippen LogP contribution in [0.5, 0.6) is 0 Å². The Morgan fingerprint density at radius 3 is 2.89 bits per heavy atom. The van der Waals surface area contributed by atoms with Gasteiger partial charge in [0, 0.05) is 52.5 Å². The summed E-state index contributed by atoms with van der Waals surface area (Å²) in [6.45, 7) is 8.77. The van der Waals surface area contributed by atoms with Crippen molar-refractivity contribution in [2.45, 2.75) is 45.6 Å². The zero-order chi connectivity index (χ0) is 20.7. The molecular formula is C20H37N7O. The molecule has 1 saturated heterocycles. The number of guanidine groups is 1. The number of likely N-dealkylation sites (tertiary alicyclic amines) is 1. The average molecular weight is 392 g/mol. The number of nitrogens with two attached hydrogens (primary N) is 1. The molecule has 2 heterocycles. The predicted octanol–water partition coefficient (Wildman–Crippen LogP) is 1.14. The summed E-state index contributed by atoms with van der Waals surface area (Å²) in [4.78, 5) is 20.3. The van der Waals surface area contributed by atoms with E-state index < -0.39 is 0 Å². The third-order valence-electron chi connectivity index (χ3n) is 5.31. The van der Waals surface area contributed by atoms with Crippen LogP contribution in [0.1, 0.15) is 50.3 Å². The molecule has 2 rings (SSSR count). The number of hydrogen-bond donors (Lipinski definition) is 2. The van der Waals surface area contributed by atoms with Crippen molar-refractivity contribution in [3.8, 4) is 0 Å². The van der Waals surface area contributed by atoms with E-state index in [1.54, 1.807) is 0 Å². The highest BCUT2D eigenvalue weighted by molar-refractivity contribution is 5.79. The van der Waals surface area contributed by atoms with E-state index in [1.165, 1.54) is 5.56 Å². The summed E-state index contributed by atoms with van der Waals surface area (Å²) in [5.41, 5.74) is 7.83. The zero-order valence-electron chi connectivity index (χ0n) is 18.1. The maximum absolute atomic E-state index is 11.4. The molecule has 1 atom stereocenters. The van der Waals surface area contributed by atoms with Crippen molar-refractivity contribution >= 4 is 11.9 Å². The molecule has 1 aliphatic rings. The Balaban J connectivity index is 1.78. The summed E-state index contributed by atoms with van der Waals surface area (Å²) in [6.07, 6.45) is 5.07. The van der Waals surface area contributed by atoms with Gasteiger partial charge >= 0.3 is 0 Å². The molecule has 3 N–H and O–H groups in total. The van der Waals surface area contributed by atoms with E-state index in [9.17, 15) is 4.79 Å². The van der Waals surface area contributed by atoms with Gasteiger partial charge < -0.3 is 20.9 Å². The van der Waals surface area contributed by atoms with Crippen molar-refractivity contribution in [2.24, 2.45) is 23.7 Å². The van der Waals surface area contributed by atoms with Crippen LogP contribution in [0.4, 0.5) is 0 Å². The molecule has 158 valence electrons. The predicted molar refractivity (Wildman–Crippen MR) is 113 cm³/mol. The number of carbonyl (C=O) groups is 1. The summed E-state index contributed by atoms with van der Waals surface area (Å²) in [5, 5.41) is 8.03. The molecule has 1 aromatic rings. The van der Waals surface area contributed by atoms with Gasteiger partial charge in [-0.3, -0.25) is 14.5 Å². The highest BCUT2D eigenvalue weighted by Gasteiger charge is 2.23. The molecule has 28 heavy (non-hydrogen) atoms. The van der Waals surface area contributed by atoms with Crippen molar-refractivity contribution in [3.05, 3.63) is 17.5 Å². The minimum Gasteiger partial charge on any atom is -0.369 e. The number of nitrogens with zero attached hydrogens (tertiary/aromatic N) is 5. The number of aryl methyl sites for hydroxylation is 1. The van der Waals surface area contributed by atoms with Crippen LogP contribution in [0.15, 0.2) is 11.2 Å². The number of primary amides is 1. The lowest BCUT2D eigenvalue weighted by Crippen LogP contribution is -2.43. The van der Waals surface area contributed by atoms with Crippen molar-refractivity contribution < 1.29 is 4.79 Å². The Labute approximate surface area is 169 Å². The first-order chi connectivity index (χ1) is 13.3. The molecule has 0 spiro atoms. The van der Waals surface area contributed by atoms with Gasteiger partial charge in [-0.15, -0.1) is 0 Å². The van der Waals surface area contributed by atoms with Gasteiger partial charge in [0.15, 0.2) is 5.96 Å². The third kappa shape index (κ3) is 6.22. The monoisotopic (exact) mass is 391 g/mol. The second-order valence-corrected chi connectivity index (χ2v) is 8.09. The maximum atomic E-state index is 11.4. The molecule has 0 bridgehead atoms. The van der Waals surface area contributed by atoms with Crippen LogP contribution >= 0.6 is 0 Å². The number of carbonyl (C=O) groups excluding carboxylic acids is 1. The SMILES string of the molecule is CN=C(NCCCN1CCCC(C(N)=O)C1)N(C)Cc1cn(C)nc1C(C)C. The topological polar surface area (TPSA) is 91.8 Å². The second kappa shape index (κ2) is 10.5. The molecule has 0 aliphatic carbocycles. The fourth-order valence-electron chi connectivity index (χ4n) is 3.87. The van der Waals surface area contributed by atoms with Gasteiger partial charge in [-0.1, -0.05) is 13.8 Å². The Bertz CT molecular complexity index is 668. The number of nitrogens with one attached hydrogen (secondary N) is 1. The molecule has 1 fully saturated rings. The number of aromatic nitrogens is 2. The van der Waals surface area contributed by atoms with E-state index in [4.69, 9.17) is 5.73 Å². The van der Waals surface area contributed by atoms with E-state index in [2.05, 4.69) is 52.3 Å². The summed E-state index contributed by atoms with van der Waals surface area (Å²) in [7, 11) is 5.83. The molecule has 1 aliphatic heterocycles. The summed E-state index contributed by atoms with van der Waals surface area (Å²) < 4.78 is 1.88. The molecule has 1 unspecified atom stereocenters. The van der Waals surface area contributed by atoms with Gasteiger partial charge in [-0.25, -0.2) is 0 Å². The van der Waals surface area contributed by atoms with Crippen molar-refractivity contribution in [1.29, 1.82) is 0 Å². The fraction of sp³-hybridized carbons (Fsp3) is 0.750. The molecule has 0 aromatic carbocycles. The molecule has 8 nitrogen and oxygen atoms in total. The molecule has 0 saturated carbocycles. The zero-order valence-corrected chi connectivity index (χ0v) is 18.1. The number of piperidine rings is 1. The first-order valence-corrected chi connectivity index (χ1v) is 10.3. The molecule has 1 aromatic heterocycles. The van der Waals surface area contributed by atoms with E-state index >= 15 is 0 Å². The standard InChI is InChI=1S/C20H37N7O/c1-15(2)18-17(13-26(5)24-18)12-25(4)20(22-3)23-9-7-11-27-10-6-8-16(14-27)19(21)28/h13,15-16H,6-12,14H2,1-5H3,(H2,21,28)(H,22,23). The van der Waals surface area contributed by atoms with E-state index in [-0.39, 0.29) is 11.8 Å². The van der Waals surface area contributed by atoms with Crippen LogP contribution in [-0.4, -0.2) is 71.7 Å². The third-order valence-corrected chi connectivity index (χ3v) is 5.31. The number of aliphatic imine (C=N–C) groups is 1. The summed E-state index contributed by atoms with van der Waals surface area (Å²) in [6, 6.07) is 0. The van der Waals surface area contributed by atoms with Gasteiger partial charge in [0.1, 0.15) is 0 Å².